The molecule has 0 radical (unpaired) electrons. The molecule has 1 fully saturated rings. The molecule has 1 aliphatic rings. The van der Waals surface area contributed by atoms with E-state index in [9.17, 15) is 4.79 Å². The first kappa shape index (κ1) is 17.4. The van der Waals surface area contributed by atoms with Crippen LogP contribution in [0.3, 0.4) is 0 Å². The fourth-order valence-corrected chi connectivity index (χ4v) is 3.33. The summed E-state index contributed by atoms with van der Waals surface area (Å²) >= 11 is 0. The summed E-state index contributed by atoms with van der Waals surface area (Å²) in [6.45, 7) is 1.71. The lowest BCUT2D eigenvalue weighted by atomic mass is 10.1. The van der Waals surface area contributed by atoms with Crippen molar-refractivity contribution in [3.05, 3.63) is 66.0 Å². The molecule has 2 aromatic carbocycles. The van der Waals surface area contributed by atoms with Crippen LogP contribution < -0.4 is 4.74 Å². The van der Waals surface area contributed by atoms with Crippen molar-refractivity contribution in [1.29, 1.82) is 0 Å². The fourth-order valence-electron chi connectivity index (χ4n) is 3.33. The molecule has 2 heterocycles. The molecule has 138 valence electrons. The summed E-state index contributed by atoms with van der Waals surface area (Å²) in [5.74, 6) is 0.838. The fraction of sp³-hybridized carbons (Fsp3) is 0.286. The highest BCUT2D eigenvalue weighted by Gasteiger charge is 2.25. The van der Waals surface area contributed by atoms with Crippen LogP contribution in [0.1, 0.15) is 15.9 Å². The maximum absolute atomic E-state index is 12.9. The molecule has 0 bridgehead atoms. The van der Waals surface area contributed by atoms with E-state index in [4.69, 9.17) is 9.47 Å². The third-order valence-electron chi connectivity index (χ3n) is 4.76. The van der Waals surface area contributed by atoms with Crippen LogP contribution in [0.15, 0.2) is 54.9 Å². The van der Waals surface area contributed by atoms with Crippen LogP contribution in [0.4, 0.5) is 0 Å². The number of rotatable bonds is 4. The van der Waals surface area contributed by atoms with Gasteiger partial charge < -0.3 is 14.4 Å². The van der Waals surface area contributed by atoms with Crippen LogP contribution in [-0.2, 0) is 11.2 Å². The van der Waals surface area contributed by atoms with E-state index in [1.165, 1.54) is 0 Å². The van der Waals surface area contributed by atoms with E-state index >= 15 is 0 Å². The number of hydrogen-bond acceptors (Lipinski definition) is 5. The van der Waals surface area contributed by atoms with Gasteiger partial charge in [-0.2, -0.15) is 0 Å². The number of aromatic nitrogens is 2. The van der Waals surface area contributed by atoms with Gasteiger partial charge in [0, 0.05) is 37.5 Å². The predicted octanol–water partition coefficient (Wildman–Crippen LogP) is 2.72. The molecule has 1 aromatic heterocycles. The van der Waals surface area contributed by atoms with E-state index in [1.807, 2.05) is 41.3 Å². The van der Waals surface area contributed by atoms with Crippen LogP contribution in [0.25, 0.3) is 11.0 Å². The minimum absolute atomic E-state index is 0.00517. The SMILES string of the molecule is COc1ccc(C[C@H]2CN(C(=O)c3ccc4nccnc4c3)CCO2)cc1. The second-order valence-corrected chi connectivity index (χ2v) is 6.56. The van der Waals surface area contributed by atoms with E-state index in [1.54, 1.807) is 25.6 Å². The van der Waals surface area contributed by atoms with Crippen molar-refractivity contribution in [2.45, 2.75) is 12.5 Å². The summed E-state index contributed by atoms with van der Waals surface area (Å²) in [4.78, 5) is 23.3. The van der Waals surface area contributed by atoms with Crippen molar-refractivity contribution < 1.29 is 14.3 Å². The smallest absolute Gasteiger partial charge is 0.254 e. The molecule has 27 heavy (non-hydrogen) atoms. The largest absolute Gasteiger partial charge is 0.497 e. The highest BCUT2D eigenvalue weighted by Crippen LogP contribution is 2.18. The minimum atomic E-state index is -0.0173. The standard InChI is InChI=1S/C21H21N3O3/c1-26-17-5-2-15(3-6-17)12-18-14-24(10-11-27-18)21(25)16-4-7-19-20(13-16)23-9-8-22-19/h2-9,13,18H,10-12,14H2,1H3/t18-/m0/s1. The lowest BCUT2D eigenvalue weighted by Gasteiger charge is -2.33. The lowest BCUT2D eigenvalue weighted by Crippen LogP contribution is -2.46. The summed E-state index contributed by atoms with van der Waals surface area (Å²) < 4.78 is 11.1. The monoisotopic (exact) mass is 363 g/mol. The Labute approximate surface area is 157 Å². The second kappa shape index (κ2) is 7.72. The Bertz CT molecular complexity index is 943. The molecule has 1 aliphatic heterocycles. The number of fused-ring (bicyclic) bond motifs is 1. The Hall–Kier alpha value is -2.99. The summed E-state index contributed by atoms with van der Waals surface area (Å²) in [5.41, 5.74) is 3.31. The Morgan fingerprint density at radius 2 is 1.93 bits per heavy atom. The van der Waals surface area contributed by atoms with Gasteiger partial charge in [-0.15, -0.1) is 0 Å². The maximum Gasteiger partial charge on any atom is 0.254 e. The molecular weight excluding hydrogens is 342 g/mol. The summed E-state index contributed by atoms with van der Waals surface area (Å²) in [6.07, 6.45) is 4.03. The summed E-state index contributed by atoms with van der Waals surface area (Å²) in [6, 6.07) is 13.4. The molecule has 4 rings (SSSR count). The number of amides is 1. The van der Waals surface area contributed by atoms with Crippen LogP contribution in [0, 0.1) is 0 Å². The van der Waals surface area contributed by atoms with Crippen LogP contribution >= 0.6 is 0 Å². The van der Waals surface area contributed by atoms with E-state index in [0.717, 1.165) is 28.8 Å². The Morgan fingerprint density at radius 3 is 2.70 bits per heavy atom. The molecule has 1 amide bonds. The van der Waals surface area contributed by atoms with Gasteiger partial charge >= 0.3 is 0 Å². The number of benzene rings is 2. The number of hydrogen-bond donors (Lipinski definition) is 0. The van der Waals surface area contributed by atoms with Crippen molar-refractivity contribution in [3.8, 4) is 5.75 Å². The quantitative estimate of drug-likeness (QED) is 0.713. The number of carbonyl (C=O) groups is 1. The third-order valence-corrected chi connectivity index (χ3v) is 4.76. The van der Waals surface area contributed by atoms with Gasteiger partial charge in [0.15, 0.2) is 0 Å². The first-order valence-electron chi connectivity index (χ1n) is 8.97. The van der Waals surface area contributed by atoms with Crippen molar-refractivity contribution in [1.82, 2.24) is 14.9 Å². The number of ether oxygens (including phenoxy) is 2. The molecule has 0 spiro atoms. The molecule has 6 nitrogen and oxygen atoms in total. The Balaban J connectivity index is 1.45. The average Bonchev–Trinajstić information content (AvgIpc) is 2.73. The molecule has 0 saturated carbocycles. The Morgan fingerprint density at radius 1 is 1.15 bits per heavy atom. The van der Waals surface area contributed by atoms with Crippen molar-refractivity contribution in [2.24, 2.45) is 0 Å². The third kappa shape index (κ3) is 3.90. The molecule has 0 unspecified atom stereocenters. The zero-order chi connectivity index (χ0) is 18.6. The number of carbonyl (C=O) groups excluding carboxylic acids is 1. The highest BCUT2D eigenvalue weighted by molar-refractivity contribution is 5.97. The normalized spacial score (nSPS) is 17.1. The van der Waals surface area contributed by atoms with Gasteiger partial charge in [-0.25, -0.2) is 0 Å². The van der Waals surface area contributed by atoms with Gasteiger partial charge in [0.25, 0.3) is 5.91 Å². The van der Waals surface area contributed by atoms with Gasteiger partial charge in [-0.05, 0) is 35.9 Å². The van der Waals surface area contributed by atoms with Gasteiger partial charge in [0.05, 0.1) is 30.9 Å². The zero-order valence-electron chi connectivity index (χ0n) is 15.2. The van der Waals surface area contributed by atoms with Gasteiger partial charge in [-0.1, -0.05) is 12.1 Å². The van der Waals surface area contributed by atoms with E-state index in [0.29, 0.717) is 25.3 Å². The van der Waals surface area contributed by atoms with Gasteiger partial charge in [0.2, 0.25) is 0 Å². The van der Waals surface area contributed by atoms with Crippen LogP contribution in [0.5, 0.6) is 5.75 Å². The number of nitrogens with zero attached hydrogens (tertiary/aromatic N) is 3. The number of morpholine rings is 1. The molecule has 1 saturated heterocycles. The van der Waals surface area contributed by atoms with Gasteiger partial charge in [-0.3, -0.25) is 14.8 Å². The molecule has 0 aliphatic carbocycles. The second-order valence-electron chi connectivity index (χ2n) is 6.56. The molecular formula is C21H21N3O3. The van der Waals surface area contributed by atoms with E-state index in [2.05, 4.69) is 9.97 Å². The van der Waals surface area contributed by atoms with Crippen molar-refractivity contribution in [3.63, 3.8) is 0 Å². The van der Waals surface area contributed by atoms with Crippen LogP contribution in [-0.4, -0.2) is 53.7 Å². The zero-order valence-corrected chi connectivity index (χ0v) is 15.2. The lowest BCUT2D eigenvalue weighted by molar-refractivity contribution is -0.0208. The molecule has 1 atom stereocenters. The average molecular weight is 363 g/mol. The van der Waals surface area contributed by atoms with E-state index < -0.39 is 0 Å². The van der Waals surface area contributed by atoms with Crippen molar-refractivity contribution in [2.75, 3.05) is 26.8 Å². The Kier molecular flexibility index (Phi) is 4.98. The van der Waals surface area contributed by atoms with Crippen molar-refractivity contribution >= 4 is 16.9 Å². The molecule has 0 N–H and O–H groups in total. The highest BCUT2D eigenvalue weighted by atomic mass is 16.5. The first-order valence-corrected chi connectivity index (χ1v) is 8.97. The van der Waals surface area contributed by atoms with Gasteiger partial charge in [0.1, 0.15) is 5.75 Å². The topological polar surface area (TPSA) is 64.5 Å². The maximum atomic E-state index is 12.9. The first-order chi connectivity index (χ1) is 13.2. The van der Waals surface area contributed by atoms with E-state index in [-0.39, 0.29) is 12.0 Å². The molecule has 3 aromatic rings. The van der Waals surface area contributed by atoms with Crippen LogP contribution in [0.2, 0.25) is 0 Å². The summed E-state index contributed by atoms with van der Waals surface area (Å²) in [7, 11) is 1.65. The predicted molar refractivity (Wildman–Crippen MR) is 102 cm³/mol. The molecule has 6 heteroatoms. The summed E-state index contributed by atoms with van der Waals surface area (Å²) in [5, 5.41) is 0. The minimum Gasteiger partial charge on any atom is -0.497 e. The number of methoxy groups -OCH3 is 1.